The molecule has 0 bridgehead atoms. The largest absolute Gasteiger partial charge is 0.492 e. The minimum atomic E-state index is 0.680. The number of hydrogen-bond acceptors (Lipinski definition) is 6. The summed E-state index contributed by atoms with van der Waals surface area (Å²) < 4.78 is 11.8. The molecule has 2 heterocycles. The molecule has 5 rings (SSSR count). The Bertz CT molecular complexity index is 1190. The predicted molar refractivity (Wildman–Crippen MR) is 147 cm³/mol. The van der Waals surface area contributed by atoms with Crippen LogP contribution >= 0.6 is 0 Å². The fourth-order valence-electron chi connectivity index (χ4n) is 4.42. The Hall–Kier alpha value is -3.48. The molecule has 0 aromatic heterocycles. The third kappa shape index (κ3) is 5.66. The summed E-state index contributed by atoms with van der Waals surface area (Å²) in [7, 11) is 8.20. The second-order valence-electron chi connectivity index (χ2n) is 9.93. The van der Waals surface area contributed by atoms with E-state index in [1.165, 1.54) is 11.1 Å². The van der Waals surface area contributed by atoms with Crippen molar-refractivity contribution in [2.75, 3.05) is 54.5 Å². The summed E-state index contributed by atoms with van der Waals surface area (Å²) in [6.07, 6.45) is 1.64. The molecule has 2 aliphatic rings. The van der Waals surface area contributed by atoms with Crippen LogP contribution in [-0.4, -0.2) is 75.7 Å². The number of benzene rings is 3. The Kier molecular flexibility index (Phi) is 7.16. The lowest BCUT2D eigenvalue weighted by atomic mass is 9.99. The maximum absolute atomic E-state index is 5.90. The van der Waals surface area contributed by atoms with Gasteiger partial charge in [0.2, 0.25) is 0 Å². The van der Waals surface area contributed by atoms with Crippen LogP contribution in [0.4, 0.5) is 11.4 Å². The number of rotatable bonds is 10. The molecule has 3 aromatic carbocycles. The molecule has 0 saturated carbocycles. The summed E-state index contributed by atoms with van der Waals surface area (Å²) in [5.74, 6) is 1.82. The Morgan fingerprint density at radius 2 is 1.03 bits per heavy atom. The second kappa shape index (κ2) is 10.6. The molecule has 2 aliphatic heterocycles. The van der Waals surface area contributed by atoms with Gasteiger partial charge < -0.3 is 19.3 Å². The van der Waals surface area contributed by atoms with E-state index in [1.54, 1.807) is 0 Å². The van der Waals surface area contributed by atoms with Gasteiger partial charge in [0, 0.05) is 25.9 Å². The van der Waals surface area contributed by atoms with Crippen molar-refractivity contribution in [2.24, 2.45) is 9.98 Å². The van der Waals surface area contributed by atoms with Gasteiger partial charge in [0.1, 0.15) is 24.7 Å². The second-order valence-corrected chi connectivity index (χ2v) is 9.93. The molecule has 0 saturated heterocycles. The van der Waals surface area contributed by atoms with Crippen molar-refractivity contribution in [2.45, 2.75) is 12.8 Å². The van der Waals surface area contributed by atoms with Gasteiger partial charge in [-0.05, 0) is 86.8 Å². The summed E-state index contributed by atoms with van der Waals surface area (Å²) in [6, 6.07) is 21.0. The van der Waals surface area contributed by atoms with Crippen LogP contribution in [0.15, 0.2) is 70.6 Å². The summed E-state index contributed by atoms with van der Waals surface area (Å²) in [6.45, 7) is 3.15. The molecule has 0 radical (unpaired) electrons. The average molecular weight is 483 g/mol. The van der Waals surface area contributed by atoms with E-state index in [0.29, 0.717) is 13.2 Å². The van der Waals surface area contributed by atoms with E-state index >= 15 is 0 Å². The summed E-state index contributed by atoms with van der Waals surface area (Å²) in [5, 5.41) is 0. The molecule has 0 spiro atoms. The lowest BCUT2D eigenvalue weighted by molar-refractivity contribution is 0.261. The highest BCUT2D eigenvalue weighted by Gasteiger charge is 2.19. The number of ether oxygens (including phenoxy) is 2. The third-order valence-electron chi connectivity index (χ3n) is 6.49. The molecule has 0 atom stereocenters. The van der Waals surface area contributed by atoms with Gasteiger partial charge in [-0.3, -0.25) is 9.98 Å². The highest BCUT2D eigenvalue weighted by Crippen LogP contribution is 2.34. The number of likely N-dealkylation sites (N-methyl/N-ethyl adjacent to an activating group) is 2. The fourth-order valence-corrected chi connectivity index (χ4v) is 4.42. The van der Waals surface area contributed by atoms with E-state index in [2.05, 4.69) is 86.5 Å². The van der Waals surface area contributed by atoms with Crippen molar-refractivity contribution in [1.29, 1.82) is 0 Å². The summed E-state index contributed by atoms with van der Waals surface area (Å²) in [5.41, 5.74) is 9.00. The van der Waals surface area contributed by atoms with Crippen LogP contribution in [0.25, 0.3) is 0 Å². The third-order valence-corrected chi connectivity index (χ3v) is 6.49. The van der Waals surface area contributed by atoms with E-state index in [4.69, 9.17) is 19.5 Å². The molecule has 0 unspecified atom stereocenters. The minimum absolute atomic E-state index is 0.680. The van der Waals surface area contributed by atoms with Crippen LogP contribution in [-0.2, 0) is 12.8 Å². The maximum Gasteiger partial charge on any atom is 0.119 e. The van der Waals surface area contributed by atoms with Crippen LogP contribution in [0.2, 0.25) is 0 Å². The van der Waals surface area contributed by atoms with Gasteiger partial charge in [0.05, 0.1) is 22.8 Å². The summed E-state index contributed by atoms with van der Waals surface area (Å²) in [4.78, 5) is 14.0. The molecular weight excluding hydrogens is 448 g/mol. The van der Waals surface area contributed by atoms with E-state index in [-0.39, 0.29) is 0 Å². The van der Waals surface area contributed by atoms with Crippen molar-refractivity contribution in [3.05, 3.63) is 82.9 Å². The molecule has 3 aromatic rings. The maximum atomic E-state index is 5.90. The lowest BCUT2D eigenvalue weighted by Crippen LogP contribution is -2.19. The van der Waals surface area contributed by atoms with Gasteiger partial charge in [-0.15, -0.1) is 0 Å². The van der Waals surface area contributed by atoms with Gasteiger partial charge in [0.15, 0.2) is 0 Å². The first-order chi connectivity index (χ1) is 17.4. The van der Waals surface area contributed by atoms with Crippen LogP contribution < -0.4 is 9.47 Å². The number of nitrogens with zero attached hydrogens (tertiary/aromatic N) is 4. The van der Waals surface area contributed by atoms with Crippen molar-refractivity contribution in [3.63, 3.8) is 0 Å². The molecule has 0 fully saturated rings. The first kappa shape index (κ1) is 24.2. The molecule has 0 aliphatic carbocycles. The van der Waals surface area contributed by atoms with Crippen molar-refractivity contribution in [3.8, 4) is 11.5 Å². The number of aliphatic imine (C=N–C) groups is 2. The monoisotopic (exact) mass is 482 g/mol. The Morgan fingerprint density at radius 3 is 1.42 bits per heavy atom. The molecule has 186 valence electrons. The van der Waals surface area contributed by atoms with Crippen molar-refractivity contribution < 1.29 is 9.47 Å². The van der Waals surface area contributed by atoms with Crippen molar-refractivity contribution in [1.82, 2.24) is 9.80 Å². The van der Waals surface area contributed by atoms with Gasteiger partial charge in [0.25, 0.3) is 0 Å². The molecule has 0 N–H and O–H groups in total. The Balaban J connectivity index is 1.21. The fraction of sp³-hybridized carbons (Fsp3) is 0.333. The highest BCUT2D eigenvalue weighted by atomic mass is 16.5. The number of fused-ring (bicyclic) bond motifs is 2. The smallest absolute Gasteiger partial charge is 0.119 e. The number of hydrogen-bond donors (Lipinski definition) is 0. The SMILES string of the molecule is CN(C)CCOc1ccc2c(c1)CC(c1ccc(C3=Nc4ccc(OCCN(C)C)cc4C3)cc1)=N2. The standard InChI is InChI=1S/C30H34N4O2/c1-33(2)13-15-35-25-9-11-27-23(17-25)19-29(31-27)21-5-7-22(8-6-21)30-20-24-18-26(10-12-28(24)32-30)36-16-14-34(3)4/h5-12,17-18H,13-16,19-20H2,1-4H3. The Labute approximate surface area is 213 Å². The van der Waals surface area contributed by atoms with Crippen LogP contribution in [0, 0.1) is 0 Å². The first-order valence-electron chi connectivity index (χ1n) is 12.5. The lowest BCUT2D eigenvalue weighted by Gasteiger charge is -2.11. The van der Waals surface area contributed by atoms with E-state index in [0.717, 1.165) is 71.4 Å². The van der Waals surface area contributed by atoms with Gasteiger partial charge >= 0.3 is 0 Å². The van der Waals surface area contributed by atoms with Gasteiger partial charge in [-0.2, -0.15) is 0 Å². The van der Waals surface area contributed by atoms with Crippen LogP contribution in [0.5, 0.6) is 11.5 Å². The minimum Gasteiger partial charge on any atom is -0.492 e. The zero-order valence-corrected chi connectivity index (χ0v) is 21.6. The zero-order chi connectivity index (χ0) is 25.1. The first-order valence-corrected chi connectivity index (χ1v) is 12.5. The summed E-state index contributed by atoms with van der Waals surface area (Å²) >= 11 is 0. The average Bonchev–Trinajstić information content (AvgIpc) is 3.47. The predicted octanol–water partition coefficient (Wildman–Crippen LogP) is 4.92. The molecule has 0 amide bonds. The molecule has 6 heteroatoms. The van der Waals surface area contributed by atoms with E-state index in [9.17, 15) is 0 Å². The topological polar surface area (TPSA) is 49.7 Å². The molecule has 6 nitrogen and oxygen atoms in total. The normalized spacial score (nSPS) is 14.1. The quantitative estimate of drug-likeness (QED) is 0.412. The van der Waals surface area contributed by atoms with Crippen LogP contribution in [0.3, 0.4) is 0 Å². The van der Waals surface area contributed by atoms with E-state index < -0.39 is 0 Å². The van der Waals surface area contributed by atoms with E-state index in [1.807, 2.05) is 12.1 Å². The Morgan fingerprint density at radius 1 is 0.611 bits per heavy atom. The highest BCUT2D eigenvalue weighted by molar-refractivity contribution is 6.09. The van der Waals surface area contributed by atoms with Crippen LogP contribution in [0.1, 0.15) is 22.3 Å². The van der Waals surface area contributed by atoms with Gasteiger partial charge in [-0.1, -0.05) is 24.3 Å². The molecule has 36 heavy (non-hydrogen) atoms. The molecular formula is C30H34N4O2. The zero-order valence-electron chi connectivity index (χ0n) is 21.6. The van der Waals surface area contributed by atoms with Gasteiger partial charge in [-0.25, -0.2) is 0 Å². The van der Waals surface area contributed by atoms with Crippen molar-refractivity contribution >= 4 is 22.8 Å².